The van der Waals surface area contributed by atoms with Crippen LogP contribution in [0.1, 0.15) is 56.8 Å². The molecule has 0 saturated carbocycles. The lowest BCUT2D eigenvalue weighted by Gasteiger charge is -2.23. The van der Waals surface area contributed by atoms with Crippen LogP contribution in [0.15, 0.2) is 18.2 Å². The predicted octanol–water partition coefficient (Wildman–Crippen LogP) is 5.09. The second-order valence-corrected chi connectivity index (χ2v) is 5.02. The first-order valence-corrected chi connectivity index (χ1v) is 6.85. The molecule has 0 aliphatic carbocycles. The molecule has 0 aromatic heterocycles. The van der Waals surface area contributed by atoms with E-state index in [4.69, 9.17) is 0 Å². The molecule has 0 fully saturated rings. The molecule has 1 N–H and O–H groups in total. The first kappa shape index (κ1) is 17.0. The summed E-state index contributed by atoms with van der Waals surface area (Å²) in [6.07, 6.45) is -2.38. The molecule has 1 rings (SSSR count). The third-order valence-electron chi connectivity index (χ3n) is 3.41. The molecule has 1 unspecified atom stereocenters. The van der Waals surface area contributed by atoms with Gasteiger partial charge < -0.3 is 5.11 Å². The van der Waals surface area contributed by atoms with Gasteiger partial charge >= 0.3 is 6.18 Å². The van der Waals surface area contributed by atoms with Crippen LogP contribution in [-0.4, -0.2) is 5.11 Å². The van der Waals surface area contributed by atoms with E-state index in [-0.39, 0.29) is 11.5 Å². The molecule has 0 aliphatic heterocycles. The molecule has 1 aromatic rings. The number of benzene rings is 1. The number of aliphatic hydroxyl groups is 1. The van der Waals surface area contributed by atoms with E-state index in [1.54, 1.807) is 0 Å². The quantitative estimate of drug-likeness (QED) is 0.724. The lowest BCUT2D eigenvalue weighted by molar-refractivity contribution is -0.140. The zero-order valence-corrected chi connectivity index (χ0v) is 11.7. The Morgan fingerprint density at radius 3 is 2.05 bits per heavy atom. The van der Waals surface area contributed by atoms with Crippen LogP contribution in [-0.2, 0) is 6.18 Å². The van der Waals surface area contributed by atoms with Crippen molar-refractivity contribution in [1.82, 2.24) is 0 Å². The lowest BCUT2D eigenvalue weighted by atomic mass is 9.88. The summed E-state index contributed by atoms with van der Waals surface area (Å²) in [4.78, 5) is 0. The molecule has 20 heavy (non-hydrogen) atoms. The van der Waals surface area contributed by atoms with Crippen molar-refractivity contribution in [3.63, 3.8) is 0 Å². The Bertz CT molecular complexity index is 422. The molecule has 0 aliphatic rings. The minimum Gasteiger partial charge on any atom is -0.388 e. The Balaban J connectivity index is 2.99. The van der Waals surface area contributed by atoms with Crippen LogP contribution in [0.2, 0.25) is 0 Å². The lowest BCUT2D eigenvalue weighted by Crippen LogP contribution is -2.14. The normalized spacial score (nSPS) is 13.8. The maximum absolute atomic E-state index is 13.5. The standard InChI is InChI=1S/C15H20F4O/c1-3-5-10(6-4-2)14(20)11-7-8-12(13(16)9-11)15(17,18)19/h7-10,14,20H,3-6H2,1-2H3. The minimum atomic E-state index is -4.71. The van der Waals surface area contributed by atoms with Crippen molar-refractivity contribution in [2.75, 3.05) is 0 Å². The number of halogens is 4. The number of alkyl halides is 3. The Morgan fingerprint density at radius 1 is 1.10 bits per heavy atom. The van der Waals surface area contributed by atoms with Gasteiger partial charge in [-0.25, -0.2) is 4.39 Å². The summed E-state index contributed by atoms with van der Waals surface area (Å²) in [5.74, 6) is -1.39. The second kappa shape index (κ2) is 7.07. The molecule has 5 heteroatoms. The number of hydrogen-bond donors (Lipinski definition) is 1. The Labute approximate surface area is 116 Å². The number of hydrogen-bond acceptors (Lipinski definition) is 1. The molecule has 0 amide bonds. The van der Waals surface area contributed by atoms with Gasteiger partial charge in [0.2, 0.25) is 0 Å². The van der Waals surface area contributed by atoms with Crippen molar-refractivity contribution in [3.8, 4) is 0 Å². The molecular formula is C15H20F4O. The summed E-state index contributed by atoms with van der Waals surface area (Å²) in [5.41, 5.74) is -1.08. The van der Waals surface area contributed by atoms with Gasteiger partial charge in [-0.1, -0.05) is 32.8 Å². The van der Waals surface area contributed by atoms with E-state index < -0.39 is 23.7 Å². The van der Waals surface area contributed by atoms with Gasteiger partial charge in [0.15, 0.2) is 0 Å². The van der Waals surface area contributed by atoms with Gasteiger partial charge in [-0.05, 0) is 36.5 Å². The summed E-state index contributed by atoms with van der Waals surface area (Å²) in [7, 11) is 0. The smallest absolute Gasteiger partial charge is 0.388 e. The van der Waals surface area contributed by atoms with Crippen molar-refractivity contribution in [1.29, 1.82) is 0 Å². The van der Waals surface area contributed by atoms with Crippen LogP contribution in [0.25, 0.3) is 0 Å². The Hall–Kier alpha value is -1.10. The fraction of sp³-hybridized carbons (Fsp3) is 0.600. The fourth-order valence-electron chi connectivity index (χ4n) is 2.42. The van der Waals surface area contributed by atoms with Crippen molar-refractivity contribution in [2.24, 2.45) is 5.92 Å². The van der Waals surface area contributed by atoms with Gasteiger partial charge in [0.1, 0.15) is 5.82 Å². The highest BCUT2D eigenvalue weighted by atomic mass is 19.4. The third kappa shape index (κ3) is 4.20. The van der Waals surface area contributed by atoms with E-state index in [0.29, 0.717) is 6.07 Å². The van der Waals surface area contributed by atoms with E-state index in [2.05, 4.69) is 0 Å². The van der Waals surface area contributed by atoms with Gasteiger partial charge in [-0.15, -0.1) is 0 Å². The molecule has 1 nitrogen and oxygen atoms in total. The van der Waals surface area contributed by atoms with Gasteiger partial charge in [0.25, 0.3) is 0 Å². The zero-order chi connectivity index (χ0) is 15.3. The van der Waals surface area contributed by atoms with Gasteiger partial charge in [-0.3, -0.25) is 0 Å². The predicted molar refractivity (Wildman–Crippen MR) is 69.7 cm³/mol. The van der Waals surface area contributed by atoms with E-state index in [0.717, 1.165) is 37.8 Å². The molecule has 0 bridgehead atoms. The van der Waals surface area contributed by atoms with Crippen LogP contribution in [0, 0.1) is 11.7 Å². The van der Waals surface area contributed by atoms with Crippen LogP contribution in [0.5, 0.6) is 0 Å². The first-order chi connectivity index (χ1) is 9.31. The first-order valence-electron chi connectivity index (χ1n) is 6.85. The fourth-order valence-corrected chi connectivity index (χ4v) is 2.42. The average molecular weight is 292 g/mol. The molecule has 1 aromatic carbocycles. The van der Waals surface area contributed by atoms with Crippen LogP contribution < -0.4 is 0 Å². The largest absolute Gasteiger partial charge is 0.419 e. The molecule has 1 atom stereocenters. The monoisotopic (exact) mass is 292 g/mol. The van der Waals surface area contributed by atoms with E-state index in [1.165, 1.54) is 0 Å². The number of rotatable bonds is 6. The van der Waals surface area contributed by atoms with Crippen molar-refractivity contribution < 1.29 is 22.7 Å². The van der Waals surface area contributed by atoms with E-state index in [1.807, 2.05) is 13.8 Å². The Kier molecular flexibility index (Phi) is 5.99. The van der Waals surface area contributed by atoms with Crippen LogP contribution >= 0.6 is 0 Å². The second-order valence-electron chi connectivity index (χ2n) is 5.02. The molecule has 114 valence electrons. The minimum absolute atomic E-state index is 0.0545. The third-order valence-corrected chi connectivity index (χ3v) is 3.41. The van der Waals surface area contributed by atoms with Crippen molar-refractivity contribution in [2.45, 2.75) is 51.8 Å². The molecule has 0 saturated heterocycles. The summed E-state index contributed by atoms with van der Waals surface area (Å²) in [6, 6.07) is 2.66. The van der Waals surface area contributed by atoms with Crippen molar-refractivity contribution in [3.05, 3.63) is 35.1 Å². The molecule has 0 spiro atoms. The summed E-state index contributed by atoms with van der Waals surface area (Å²) < 4.78 is 50.9. The highest BCUT2D eigenvalue weighted by Crippen LogP contribution is 2.35. The summed E-state index contributed by atoms with van der Waals surface area (Å²) in [6.45, 7) is 3.95. The van der Waals surface area contributed by atoms with Gasteiger partial charge in [0.05, 0.1) is 11.7 Å². The number of aliphatic hydroxyl groups excluding tert-OH is 1. The SMILES string of the molecule is CCCC(CCC)C(O)c1ccc(C(F)(F)F)c(F)c1. The molecule has 0 radical (unpaired) electrons. The highest BCUT2D eigenvalue weighted by molar-refractivity contribution is 5.28. The zero-order valence-electron chi connectivity index (χ0n) is 11.7. The van der Waals surface area contributed by atoms with E-state index >= 15 is 0 Å². The summed E-state index contributed by atoms with van der Waals surface area (Å²) >= 11 is 0. The summed E-state index contributed by atoms with van der Waals surface area (Å²) in [5, 5.41) is 10.2. The van der Waals surface area contributed by atoms with Gasteiger partial charge in [0, 0.05) is 0 Å². The van der Waals surface area contributed by atoms with Crippen molar-refractivity contribution >= 4 is 0 Å². The average Bonchev–Trinajstić information content (AvgIpc) is 2.36. The highest BCUT2D eigenvalue weighted by Gasteiger charge is 2.34. The topological polar surface area (TPSA) is 20.2 Å². The van der Waals surface area contributed by atoms with Gasteiger partial charge in [-0.2, -0.15) is 13.2 Å². The van der Waals surface area contributed by atoms with Crippen LogP contribution in [0.3, 0.4) is 0 Å². The maximum atomic E-state index is 13.5. The molecular weight excluding hydrogens is 272 g/mol. The Morgan fingerprint density at radius 2 is 1.65 bits per heavy atom. The maximum Gasteiger partial charge on any atom is 0.419 e. The van der Waals surface area contributed by atoms with Crippen LogP contribution in [0.4, 0.5) is 17.6 Å². The molecule has 0 heterocycles. The van der Waals surface area contributed by atoms with E-state index in [9.17, 15) is 22.7 Å².